The SMILES string of the molecule is CCCN(CC(F)(F)F)c1nc(Cl)nc2nc[nH]c12. The average molecular weight is 294 g/mol. The van der Waals surface area contributed by atoms with Gasteiger partial charge in [-0.1, -0.05) is 6.92 Å². The quantitative estimate of drug-likeness (QED) is 0.881. The molecule has 0 radical (unpaired) electrons. The van der Waals surface area contributed by atoms with E-state index in [0.29, 0.717) is 11.9 Å². The number of aromatic amines is 1. The highest BCUT2D eigenvalue weighted by atomic mass is 35.5. The fourth-order valence-electron chi connectivity index (χ4n) is 1.77. The summed E-state index contributed by atoms with van der Waals surface area (Å²) in [5.74, 6) is 0.117. The minimum atomic E-state index is -4.32. The van der Waals surface area contributed by atoms with Gasteiger partial charge in [0.25, 0.3) is 0 Å². The molecular weight excluding hydrogens is 283 g/mol. The van der Waals surface area contributed by atoms with Crippen LogP contribution >= 0.6 is 11.6 Å². The second-order valence-corrected chi connectivity index (χ2v) is 4.29. The van der Waals surface area contributed by atoms with Gasteiger partial charge in [0.1, 0.15) is 12.1 Å². The van der Waals surface area contributed by atoms with Crippen LogP contribution in [0, 0.1) is 0 Å². The van der Waals surface area contributed by atoms with Crippen molar-refractivity contribution in [3.05, 3.63) is 11.6 Å². The van der Waals surface area contributed by atoms with Gasteiger partial charge in [-0.25, -0.2) is 4.98 Å². The van der Waals surface area contributed by atoms with E-state index in [0.717, 1.165) is 4.90 Å². The summed E-state index contributed by atoms with van der Waals surface area (Å²) in [4.78, 5) is 15.5. The topological polar surface area (TPSA) is 57.7 Å². The molecular formula is C10H11ClF3N5. The second-order valence-electron chi connectivity index (χ2n) is 3.95. The van der Waals surface area contributed by atoms with Gasteiger partial charge in [0.05, 0.1) is 6.33 Å². The average Bonchev–Trinajstić information content (AvgIpc) is 2.73. The van der Waals surface area contributed by atoms with E-state index in [1.54, 1.807) is 6.92 Å². The third-order valence-corrected chi connectivity index (χ3v) is 2.57. The van der Waals surface area contributed by atoms with Crippen molar-refractivity contribution in [2.75, 3.05) is 18.0 Å². The number of rotatable bonds is 4. The van der Waals surface area contributed by atoms with Gasteiger partial charge in [-0.3, -0.25) is 0 Å². The molecule has 0 atom stereocenters. The Bertz CT molecular complexity index is 568. The first kappa shape index (κ1) is 13.9. The highest BCUT2D eigenvalue weighted by Gasteiger charge is 2.32. The van der Waals surface area contributed by atoms with Crippen LogP contribution in [0.4, 0.5) is 19.0 Å². The Morgan fingerprint density at radius 1 is 1.37 bits per heavy atom. The molecule has 0 fully saturated rings. The Hall–Kier alpha value is -1.57. The minimum absolute atomic E-state index is 0.117. The van der Waals surface area contributed by atoms with E-state index in [2.05, 4.69) is 19.9 Å². The number of H-pyrrole nitrogens is 1. The van der Waals surface area contributed by atoms with Gasteiger partial charge in [0.2, 0.25) is 5.28 Å². The number of nitrogens with zero attached hydrogens (tertiary/aromatic N) is 4. The molecule has 2 aromatic heterocycles. The van der Waals surface area contributed by atoms with Crippen molar-refractivity contribution in [2.24, 2.45) is 0 Å². The monoisotopic (exact) mass is 293 g/mol. The lowest BCUT2D eigenvalue weighted by Crippen LogP contribution is -2.35. The molecule has 0 unspecified atom stereocenters. The van der Waals surface area contributed by atoms with Gasteiger partial charge < -0.3 is 9.88 Å². The summed E-state index contributed by atoms with van der Waals surface area (Å²) < 4.78 is 37.8. The van der Waals surface area contributed by atoms with E-state index in [-0.39, 0.29) is 23.3 Å². The van der Waals surface area contributed by atoms with Crippen LogP contribution in [0.1, 0.15) is 13.3 Å². The summed E-state index contributed by atoms with van der Waals surface area (Å²) in [5, 5.41) is -0.127. The van der Waals surface area contributed by atoms with Crippen molar-refractivity contribution in [2.45, 2.75) is 19.5 Å². The first-order chi connectivity index (χ1) is 8.90. The van der Waals surface area contributed by atoms with E-state index >= 15 is 0 Å². The number of imidazole rings is 1. The van der Waals surface area contributed by atoms with Gasteiger partial charge in [0, 0.05) is 6.54 Å². The van der Waals surface area contributed by atoms with Crippen LogP contribution < -0.4 is 4.90 Å². The zero-order valence-corrected chi connectivity index (χ0v) is 10.8. The lowest BCUT2D eigenvalue weighted by Gasteiger charge is -2.24. The molecule has 9 heteroatoms. The Balaban J connectivity index is 2.45. The van der Waals surface area contributed by atoms with Crippen LogP contribution in [-0.4, -0.2) is 39.2 Å². The smallest absolute Gasteiger partial charge is 0.346 e. The number of hydrogen-bond acceptors (Lipinski definition) is 4. The van der Waals surface area contributed by atoms with E-state index in [1.165, 1.54) is 6.33 Å². The minimum Gasteiger partial charge on any atom is -0.346 e. The molecule has 0 bridgehead atoms. The Morgan fingerprint density at radius 2 is 2.11 bits per heavy atom. The molecule has 0 aliphatic rings. The molecule has 2 aromatic rings. The van der Waals surface area contributed by atoms with E-state index < -0.39 is 12.7 Å². The number of aromatic nitrogens is 4. The number of anilines is 1. The molecule has 19 heavy (non-hydrogen) atoms. The maximum Gasteiger partial charge on any atom is 0.405 e. The molecule has 1 N–H and O–H groups in total. The van der Waals surface area contributed by atoms with E-state index in [1.807, 2.05) is 0 Å². The van der Waals surface area contributed by atoms with Crippen LogP contribution in [0.15, 0.2) is 6.33 Å². The molecule has 2 heterocycles. The van der Waals surface area contributed by atoms with Gasteiger partial charge in [-0.15, -0.1) is 0 Å². The van der Waals surface area contributed by atoms with Crippen molar-refractivity contribution in [3.63, 3.8) is 0 Å². The number of fused-ring (bicyclic) bond motifs is 1. The number of halogens is 4. The molecule has 0 spiro atoms. The normalized spacial score (nSPS) is 12.1. The molecule has 0 saturated heterocycles. The Kier molecular flexibility index (Phi) is 3.79. The predicted molar refractivity (Wildman–Crippen MR) is 65.3 cm³/mol. The van der Waals surface area contributed by atoms with E-state index in [4.69, 9.17) is 11.6 Å². The predicted octanol–water partition coefficient (Wildman–Crippen LogP) is 2.79. The van der Waals surface area contributed by atoms with Gasteiger partial charge >= 0.3 is 6.18 Å². The number of alkyl halides is 3. The standard InChI is InChI=1S/C10H11ClF3N5/c1-2-3-19(4-10(12,13)14)8-6-7(16-5-15-6)17-9(11)18-8/h5H,2-4H2,1H3,(H,15,16,17,18). The number of nitrogens with one attached hydrogen (secondary N) is 1. The van der Waals surface area contributed by atoms with Gasteiger partial charge in [-0.2, -0.15) is 23.1 Å². The summed E-state index contributed by atoms with van der Waals surface area (Å²) in [6.07, 6.45) is -2.43. The summed E-state index contributed by atoms with van der Waals surface area (Å²) in [6, 6.07) is 0. The highest BCUT2D eigenvalue weighted by molar-refractivity contribution is 6.28. The summed E-state index contributed by atoms with van der Waals surface area (Å²) in [6.45, 7) is 0.902. The van der Waals surface area contributed by atoms with Crippen LogP contribution in [-0.2, 0) is 0 Å². The second kappa shape index (κ2) is 5.20. The van der Waals surface area contributed by atoms with Gasteiger partial charge in [0.15, 0.2) is 11.5 Å². The molecule has 2 rings (SSSR count). The first-order valence-electron chi connectivity index (χ1n) is 5.59. The van der Waals surface area contributed by atoms with Crippen molar-refractivity contribution in [1.29, 1.82) is 0 Å². The molecule has 0 aromatic carbocycles. The van der Waals surface area contributed by atoms with Crippen molar-refractivity contribution in [3.8, 4) is 0 Å². The number of hydrogen-bond donors (Lipinski definition) is 1. The van der Waals surface area contributed by atoms with Crippen molar-refractivity contribution in [1.82, 2.24) is 19.9 Å². The largest absolute Gasteiger partial charge is 0.405 e. The molecule has 0 amide bonds. The summed E-state index contributed by atoms with van der Waals surface area (Å²) in [7, 11) is 0. The first-order valence-corrected chi connectivity index (χ1v) is 5.97. The van der Waals surface area contributed by atoms with Crippen LogP contribution in [0.5, 0.6) is 0 Å². The van der Waals surface area contributed by atoms with E-state index in [9.17, 15) is 13.2 Å². The molecule has 0 aliphatic heterocycles. The maximum absolute atomic E-state index is 12.6. The zero-order valence-electron chi connectivity index (χ0n) is 10.00. The van der Waals surface area contributed by atoms with Crippen LogP contribution in [0.2, 0.25) is 5.28 Å². The molecule has 104 valence electrons. The lowest BCUT2D eigenvalue weighted by molar-refractivity contribution is -0.119. The maximum atomic E-state index is 12.6. The molecule has 0 saturated carbocycles. The third kappa shape index (κ3) is 3.25. The Morgan fingerprint density at radius 3 is 2.74 bits per heavy atom. The highest BCUT2D eigenvalue weighted by Crippen LogP contribution is 2.26. The third-order valence-electron chi connectivity index (χ3n) is 2.40. The fourth-order valence-corrected chi connectivity index (χ4v) is 1.93. The van der Waals surface area contributed by atoms with Crippen LogP contribution in [0.3, 0.4) is 0 Å². The molecule has 0 aliphatic carbocycles. The lowest BCUT2D eigenvalue weighted by atomic mass is 10.3. The van der Waals surface area contributed by atoms with Crippen molar-refractivity contribution < 1.29 is 13.2 Å². The Labute approximate surface area is 111 Å². The van der Waals surface area contributed by atoms with Gasteiger partial charge in [-0.05, 0) is 18.0 Å². The van der Waals surface area contributed by atoms with Crippen LogP contribution in [0.25, 0.3) is 11.2 Å². The summed E-state index contributed by atoms with van der Waals surface area (Å²) in [5.41, 5.74) is 0.598. The molecule has 5 nitrogen and oxygen atoms in total. The van der Waals surface area contributed by atoms with Crippen molar-refractivity contribution >= 4 is 28.6 Å². The fraction of sp³-hybridized carbons (Fsp3) is 0.500. The summed E-state index contributed by atoms with van der Waals surface area (Å²) >= 11 is 5.71. The zero-order chi connectivity index (χ0) is 14.0.